The molecule has 20 heavy (non-hydrogen) atoms. The molecule has 0 atom stereocenters. The average molecular weight is 361 g/mol. The number of pyridine rings is 1. The summed E-state index contributed by atoms with van der Waals surface area (Å²) in [7, 11) is -3.82. The Balaban J connectivity index is 2.19. The summed E-state index contributed by atoms with van der Waals surface area (Å²) in [5, 5.41) is 12.3. The number of halogens is 1. The normalized spacial score (nSPS) is 11.2. The van der Waals surface area contributed by atoms with Gasteiger partial charge in [-0.25, -0.2) is 13.4 Å². The molecule has 2 heterocycles. The molecule has 0 radical (unpaired) electrons. The van der Waals surface area contributed by atoms with Crippen LogP contribution in [0.3, 0.4) is 0 Å². The fourth-order valence-electron chi connectivity index (χ4n) is 1.36. The van der Waals surface area contributed by atoms with Gasteiger partial charge in [-0.3, -0.25) is 14.2 Å². The Morgan fingerprint density at radius 2 is 2.15 bits per heavy atom. The van der Waals surface area contributed by atoms with Gasteiger partial charge in [0, 0.05) is 6.20 Å². The molecule has 0 bridgehead atoms. The Hall–Kier alpha value is -1.94. The van der Waals surface area contributed by atoms with Crippen molar-refractivity contribution in [3.8, 4) is 0 Å². The zero-order valence-corrected chi connectivity index (χ0v) is 12.3. The van der Waals surface area contributed by atoms with Gasteiger partial charge in [0.25, 0.3) is 10.0 Å². The number of hydrogen-bond acceptors (Lipinski definition) is 5. The van der Waals surface area contributed by atoms with Gasteiger partial charge in [0.05, 0.1) is 18.1 Å². The lowest BCUT2D eigenvalue weighted by atomic mass is 10.4. The second kappa shape index (κ2) is 5.59. The highest BCUT2D eigenvalue weighted by Gasteiger charge is 2.17. The molecule has 2 N–H and O–H groups in total. The molecular formula is C10H9BrN4O4S. The number of carboxylic acid groups (broad SMARTS) is 1. The number of hydrogen-bond donors (Lipinski definition) is 2. The van der Waals surface area contributed by atoms with Gasteiger partial charge < -0.3 is 5.11 Å². The molecule has 10 heteroatoms. The van der Waals surface area contributed by atoms with Gasteiger partial charge in [0.15, 0.2) is 0 Å². The van der Waals surface area contributed by atoms with Crippen LogP contribution in [0.2, 0.25) is 0 Å². The van der Waals surface area contributed by atoms with Crippen molar-refractivity contribution in [2.45, 2.75) is 11.4 Å². The number of sulfonamides is 1. The zero-order valence-electron chi connectivity index (χ0n) is 9.89. The number of carboxylic acids is 1. The molecule has 0 aliphatic carbocycles. The minimum absolute atomic E-state index is 0.123. The van der Waals surface area contributed by atoms with Crippen molar-refractivity contribution in [2.24, 2.45) is 0 Å². The van der Waals surface area contributed by atoms with Crippen LogP contribution in [0.5, 0.6) is 0 Å². The van der Waals surface area contributed by atoms with E-state index in [1.165, 1.54) is 12.3 Å². The van der Waals surface area contributed by atoms with E-state index in [0.29, 0.717) is 10.3 Å². The Morgan fingerprint density at radius 1 is 1.40 bits per heavy atom. The lowest BCUT2D eigenvalue weighted by Crippen LogP contribution is -2.13. The topological polar surface area (TPSA) is 114 Å². The van der Waals surface area contributed by atoms with Gasteiger partial charge in [-0.15, -0.1) is 0 Å². The summed E-state index contributed by atoms with van der Waals surface area (Å²) in [5.74, 6) is -1.11. The fourth-order valence-corrected chi connectivity index (χ4v) is 2.59. The van der Waals surface area contributed by atoms with Crippen molar-refractivity contribution in [1.29, 1.82) is 0 Å². The smallest absolute Gasteiger partial charge is 0.325 e. The number of nitrogens with one attached hydrogen (secondary N) is 1. The molecule has 2 rings (SSSR count). The van der Waals surface area contributed by atoms with Crippen LogP contribution < -0.4 is 4.72 Å². The van der Waals surface area contributed by atoms with E-state index in [2.05, 4.69) is 30.7 Å². The summed E-state index contributed by atoms with van der Waals surface area (Å²) in [4.78, 5) is 14.3. The van der Waals surface area contributed by atoms with Crippen molar-refractivity contribution in [3.05, 3.63) is 35.3 Å². The zero-order chi connectivity index (χ0) is 14.8. The van der Waals surface area contributed by atoms with Crippen LogP contribution in [-0.4, -0.2) is 34.3 Å². The monoisotopic (exact) mass is 360 g/mol. The molecule has 0 aliphatic rings. The van der Waals surface area contributed by atoms with Crippen LogP contribution in [0, 0.1) is 0 Å². The SMILES string of the molecule is O=C(O)Cn1cc(S(=O)(=O)Nc2ccc(Br)nc2)cn1. The van der Waals surface area contributed by atoms with E-state index in [0.717, 1.165) is 17.1 Å². The van der Waals surface area contributed by atoms with Crippen LogP contribution in [0.25, 0.3) is 0 Å². The van der Waals surface area contributed by atoms with Crippen LogP contribution >= 0.6 is 15.9 Å². The average Bonchev–Trinajstić information content (AvgIpc) is 2.80. The van der Waals surface area contributed by atoms with Crippen molar-refractivity contribution >= 4 is 37.6 Å². The molecule has 0 unspecified atom stereocenters. The first-order valence-electron chi connectivity index (χ1n) is 5.25. The van der Waals surface area contributed by atoms with E-state index in [1.807, 2.05) is 0 Å². The van der Waals surface area contributed by atoms with E-state index in [1.54, 1.807) is 6.07 Å². The van der Waals surface area contributed by atoms with E-state index < -0.39 is 22.5 Å². The summed E-state index contributed by atoms with van der Waals surface area (Å²) in [6.45, 7) is -0.407. The molecule has 0 amide bonds. The third kappa shape index (κ3) is 3.54. The van der Waals surface area contributed by atoms with Crippen molar-refractivity contribution in [1.82, 2.24) is 14.8 Å². The molecular weight excluding hydrogens is 352 g/mol. The Kier molecular flexibility index (Phi) is 4.04. The molecule has 0 aliphatic heterocycles. The standard InChI is InChI=1S/C10H9BrN4O4S/c11-9-2-1-7(3-12-9)14-20(18,19)8-4-13-15(5-8)6-10(16)17/h1-5,14H,6H2,(H,16,17). The highest BCUT2D eigenvalue weighted by atomic mass is 79.9. The predicted octanol–water partition coefficient (Wildman–Crippen LogP) is 0.926. The third-order valence-electron chi connectivity index (χ3n) is 2.20. The first-order chi connectivity index (χ1) is 9.37. The minimum atomic E-state index is -3.82. The fraction of sp³-hybridized carbons (Fsp3) is 0.100. The van der Waals surface area contributed by atoms with Crippen LogP contribution in [0.1, 0.15) is 0 Å². The molecule has 2 aromatic rings. The second-order valence-corrected chi connectivity index (χ2v) is 6.24. The van der Waals surface area contributed by atoms with Crippen LogP contribution in [0.4, 0.5) is 5.69 Å². The Bertz CT molecular complexity index is 726. The molecule has 2 aromatic heterocycles. The summed E-state index contributed by atoms with van der Waals surface area (Å²) in [6, 6.07) is 3.13. The van der Waals surface area contributed by atoms with Crippen molar-refractivity contribution in [2.75, 3.05) is 4.72 Å². The second-order valence-electron chi connectivity index (χ2n) is 3.74. The third-order valence-corrected chi connectivity index (χ3v) is 4.00. The molecule has 106 valence electrons. The Labute approximate surface area is 122 Å². The number of anilines is 1. The lowest BCUT2D eigenvalue weighted by Gasteiger charge is -2.05. The number of aliphatic carboxylic acids is 1. The molecule has 0 saturated heterocycles. The summed E-state index contributed by atoms with van der Waals surface area (Å²) < 4.78 is 28.0. The molecule has 0 fully saturated rings. The summed E-state index contributed by atoms with van der Waals surface area (Å²) in [5.41, 5.74) is 0.291. The highest BCUT2D eigenvalue weighted by molar-refractivity contribution is 9.10. The summed E-state index contributed by atoms with van der Waals surface area (Å²) in [6.07, 6.45) is 3.57. The summed E-state index contributed by atoms with van der Waals surface area (Å²) >= 11 is 3.14. The van der Waals surface area contributed by atoms with Crippen LogP contribution in [-0.2, 0) is 21.4 Å². The minimum Gasteiger partial charge on any atom is -0.480 e. The van der Waals surface area contributed by atoms with Crippen LogP contribution in [0.15, 0.2) is 40.2 Å². The maximum Gasteiger partial charge on any atom is 0.325 e. The highest BCUT2D eigenvalue weighted by Crippen LogP contribution is 2.16. The first kappa shape index (κ1) is 14.5. The van der Waals surface area contributed by atoms with Gasteiger partial charge >= 0.3 is 5.97 Å². The van der Waals surface area contributed by atoms with Crippen molar-refractivity contribution in [3.63, 3.8) is 0 Å². The maximum absolute atomic E-state index is 12.0. The predicted molar refractivity (Wildman–Crippen MR) is 72.6 cm³/mol. The molecule has 0 aromatic carbocycles. The van der Waals surface area contributed by atoms with Gasteiger partial charge in [-0.05, 0) is 28.1 Å². The lowest BCUT2D eigenvalue weighted by molar-refractivity contribution is -0.137. The van der Waals surface area contributed by atoms with Gasteiger partial charge in [0.2, 0.25) is 0 Å². The van der Waals surface area contributed by atoms with Gasteiger partial charge in [0.1, 0.15) is 16.0 Å². The van der Waals surface area contributed by atoms with E-state index in [4.69, 9.17) is 5.11 Å². The molecule has 0 saturated carbocycles. The quantitative estimate of drug-likeness (QED) is 0.766. The largest absolute Gasteiger partial charge is 0.480 e. The van der Waals surface area contributed by atoms with Crippen molar-refractivity contribution < 1.29 is 18.3 Å². The first-order valence-corrected chi connectivity index (χ1v) is 7.53. The van der Waals surface area contributed by atoms with E-state index >= 15 is 0 Å². The van der Waals surface area contributed by atoms with E-state index in [-0.39, 0.29) is 4.90 Å². The van der Waals surface area contributed by atoms with Gasteiger partial charge in [-0.1, -0.05) is 0 Å². The molecule has 8 nitrogen and oxygen atoms in total. The number of carbonyl (C=O) groups is 1. The maximum atomic E-state index is 12.0. The number of aromatic nitrogens is 3. The number of rotatable bonds is 5. The Morgan fingerprint density at radius 3 is 2.75 bits per heavy atom. The van der Waals surface area contributed by atoms with Gasteiger partial charge in [-0.2, -0.15) is 5.10 Å². The molecule has 0 spiro atoms. The van der Waals surface area contributed by atoms with E-state index in [9.17, 15) is 13.2 Å². The number of nitrogens with zero attached hydrogens (tertiary/aromatic N) is 3.